The minimum absolute atomic E-state index is 0.274. The van der Waals surface area contributed by atoms with Gasteiger partial charge in [0, 0.05) is 18.0 Å². The highest BCUT2D eigenvalue weighted by molar-refractivity contribution is 5.55. The van der Waals surface area contributed by atoms with Crippen LogP contribution in [0.3, 0.4) is 0 Å². The van der Waals surface area contributed by atoms with Crippen LogP contribution in [0, 0.1) is 5.82 Å². The molecule has 1 unspecified atom stereocenters. The van der Waals surface area contributed by atoms with Gasteiger partial charge in [0.1, 0.15) is 5.82 Å². The van der Waals surface area contributed by atoms with Gasteiger partial charge in [-0.1, -0.05) is 0 Å². The van der Waals surface area contributed by atoms with E-state index < -0.39 is 0 Å². The van der Waals surface area contributed by atoms with Crippen molar-refractivity contribution in [2.24, 2.45) is 0 Å². The largest absolute Gasteiger partial charge is 0.399 e. The highest BCUT2D eigenvalue weighted by atomic mass is 19.1. The Balaban J connectivity index is 2.07. The van der Waals surface area contributed by atoms with Crippen molar-refractivity contribution >= 4 is 11.4 Å². The molecule has 4 heteroatoms. The number of rotatable bonds is 2. The van der Waals surface area contributed by atoms with Gasteiger partial charge in [-0.2, -0.15) is 0 Å². The number of nitrogens with two attached hydrogens (primary N) is 1. The summed E-state index contributed by atoms with van der Waals surface area (Å²) < 4.78 is 18.2. The zero-order valence-electron chi connectivity index (χ0n) is 7.79. The summed E-state index contributed by atoms with van der Waals surface area (Å²) in [5.41, 5.74) is 6.68. The Morgan fingerprint density at radius 1 is 1.43 bits per heavy atom. The molecule has 1 fully saturated rings. The van der Waals surface area contributed by atoms with Gasteiger partial charge in [-0.15, -0.1) is 0 Å². The third-order valence-electron chi connectivity index (χ3n) is 2.22. The Kier molecular flexibility index (Phi) is 2.54. The number of ether oxygens (including phenoxy) is 1. The van der Waals surface area contributed by atoms with Crippen LogP contribution in [0.15, 0.2) is 18.2 Å². The maximum atomic E-state index is 13.0. The molecule has 1 heterocycles. The first kappa shape index (κ1) is 9.27. The van der Waals surface area contributed by atoms with E-state index in [-0.39, 0.29) is 11.9 Å². The lowest BCUT2D eigenvalue weighted by Gasteiger charge is -2.12. The molecule has 0 amide bonds. The quantitative estimate of drug-likeness (QED) is 0.706. The molecule has 0 saturated carbocycles. The van der Waals surface area contributed by atoms with E-state index in [0.717, 1.165) is 18.7 Å². The topological polar surface area (TPSA) is 47.3 Å². The summed E-state index contributed by atoms with van der Waals surface area (Å²) in [6, 6.07) is 4.74. The zero-order valence-corrected chi connectivity index (χ0v) is 7.79. The molecule has 0 aliphatic carbocycles. The Morgan fingerprint density at radius 3 is 2.93 bits per heavy atom. The Morgan fingerprint density at radius 2 is 2.29 bits per heavy atom. The standard InChI is InChI=1S/C10H13FN2O/c11-7-3-8(12)5-10(4-7)13-9-1-2-14-6-9/h3-5,9,13H,1-2,6,12H2. The molecule has 0 bridgehead atoms. The molecule has 1 aliphatic heterocycles. The summed E-state index contributed by atoms with van der Waals surface area (Å²) in [5.74, 6) is -0.314. The van der Waals surface area contributed by atoms with E-state index in [4.69, 9.17) is 10.5 Å². The average Bonchev–Trinajstić information content (AvgIpc) is 2.54. The third kappa shape index (κ3) is 2.14. The minimum Gasteiger partial charge on any atom is -0.399 e. The van der Waals surface area contributed by atoms with Gasteiger partial charge in [0.15, 0.2) is 0 Å². The van der Waals surface area contributed by atoms with Gasteiger partial charge in [0.25, 0.3) is 0 Å². The molecule has 1 atom stereocenters. The van der Waals surface area contributed by atoms with E-state index in [1.807, 2.05) is 0 Å². The number of halogens is 1. The van der Waals surface area contributed by atoms with Crippen molar-refractivity contribution < 1.29 is 9.13 Å². The molecule has 2 rings (SSSR count). The fraction of sp³-hybridized carbons (Fsp3) is 0.400. The maximum absolute atomic E-state index is 13.0. The van der Waals surface area contributed by atoms with Gasteiger partial charge >= 0.3 is 0 Å². The molecule has 1 aromatic carbocycles. The number of hydrogen-bond donors (Lipinski definition) is 2. The normalized spacial score (nSPS) is 21.1. The summed E-state index contributed by atoms with van der Waals surface area (Å²) in [6.07, 6.45) is 0.955. The molecule has 3 N–H and O–H groups in total. The molecule has 0 radical (unpaired) electrons. The number of anilines is 2. The van der Waals surface area contributed by atoms with Crippen LogP contribution < -0.4 is 11.1 Å². The first-order valence-electron chi connectivity index (χ1n) is 4.64. The minimum atomic E-state index is -0.314. The zero-order chi connectivity index (χ0) is 9.97. The summed E-state index contributed by atoms with van der Waals surface area (Å²) in [4.78, 5) is 0. The van der Waals surface area contributed by atoms with Crippen LogP contribution in [0.4, 0.5) is 15.8 Å². The van der Waals surface area contributed by atoms with Crippen LogP contribution in [0.5, 0.6) is 0 Å². The van der Waals surface area contributed by atoms with E-state index >= 15 is 0 Å². The number of nitrogen functional groups attached to an aromatic ring is 1. The molecular formula is C10H13FN2O. The lowest BCUT2D eigenvalue weighted by atomic mass is 10.2. The lowest BCUT2D eigenvalue weighted by molar-refractivity contribution is 0.195. The van der Waals surface area contributed by atoms with Crippen molar-refractivity contribution in [3.8, 4) is 0 Å². The second kappa shape index (κ2) is 3.84. The van der Waals surface area contributed by atoms with Crippen molar-refractivity contribution in [1.82, 2.24) is 0 Å². The molecule has 0 spiro atoms. The first-order valence-corrected chi connectivity index (χ1v) is 4.64. The molecule has 0 aromatic heterocycles. The van der Waals surface area contributed by atoms with Crippen LogP contribution in [0.2, 0.25) is 0 Å². The van der Waals surface area contributed by atoms with Crippen molar-refractivity contribution in [1.29, 1.82) is 0 Å². The predicted molar refractivity (Wildman–Crippen MR) is 53.7 cm³/mol. The lowest BCUT2D eigenvalue weighted by Crippen LogP contribution is -2.18. The highest BCUT2D eigenvalue weighted by Gasteiger charge is 2.15. The summed E-state index contributed by atoms with van der Waals surface area (Å²) >= 11 is 0. The molecule has 14 heavy (non-hydrogen) atoms. The highest BCUT2D eigenvalue weighted by Crippen LogP contribution is 2.18. The first-order chi connectivity index (χ1) is 6.74. The number of benzene rings is 1. The average molecular weight is 196 g/mol. The summed E-state index contributed by atoms with van der Waals surface area (Å²) in [6.45, 7) is 1.44. The molecule has 1 aliphatic rings. The SMILES string of the molecule is Nc1cc(F)cc(NC2CCOC2)c1. The number of hydrogen-bond acceptors (Lipinski definition) is 3. The van der Waals surface area contributed by atoms with E-state index in [9.17, 15) is 4.39 Å². The predicted octanol–water partition coefficient (Wildman–Crippen LogP) is 1.61. The van der Waals surface area contributed by atoms with Gasteiger partial charge in [0.2, 0.25) is 0 Å². The van der Waals surface area contributed by atoms with Crippen LogP contribution in [0.25, 0.3) is 0 Å². The summed E-state index contributed by atoms with van der Waals surface area (Å²) in [5, 5.41) is 3.18. The second-order valence-electron chi connectivity index (χ2n) is 3.48. The fourth-order valence-corrected chi connectivity index (χ4v) is 1.58. The maximum Gasteiger partial charge on any atom is 0.127 e. The summed E-state index contributed by atoms with van der Waals surface area (Å²) in [7, 11) is 0. The van der Waals surface area contributed by atoms with Gasteiger partial charge < -0.3 is 15.8 Å². The smallest absolute Gasteiger partial charge is 0.127 e. The Hall–Kier alpha value is -1.29. The van der Waals surface area contributed by atoms with Crippen molar-refractivity contribution in [3.63, 3.8) is 0 Å². The van der Waals surface area contributed by atoms with Crippen molar-refractivity contribution in [2.75, 3.05) is 24.3 Å². The Bertz CT molecular complexity index is 304. The molecule has 1 saturated heterocycles. The van der Waals surface area contributed by atoms with E-state index in [1.165, 1.54) is 12.1 Å². The van der Waals surface area contributed by atoms with Crippen LogP contribution in [-0.4, -0.2) is 19.3 Å². The van der Waals surface area contributed by atoms with Gasteiger partial charge in [-0.05, 0) is 24.6 Å². The third-order valence-corrected chi connectivity index (χ3v) is 2.22. The molecule has 1 aromatic rings. The van der Waals surface area contributed by atoms with Gasteiger partial charge in [0.05, 0.1) is 12.6 Å². The molecular weight excluding hydrogens is 183 g/mol. The number of nitrogens with one attached hydrogen (secondary N) is 1. The monoisotopic (exact) mass is 196 g/mol. The van der Waals surface area contributed by atoms with Gasteiger partial charge in [-0.3, -0.25) is 0 Å². The van der Waals surface area contributed by atoms with Gasteiger partial charge in [-0.25, -0.2) is 4.39 Å². The van der Waals surface area contributed by atoms with E-state index in [2.05, 4.69) is 5.32 Å². The second-order valence-corrected chi connectivity index (χ2v) is 3.48. The van der Waals surface area contributed by atoms with Crippen molar-refractivity contribution in [3.05, 3.63) is 24.0 Å². The Labute approximate surface area is 82.1 Å². The van der Waals surface area contributed by atoms with E-state index in [0.29, 0.717) is 12.3 Å². The van der Waals surface area contributed by atoms with Crippen LogP contribution >= 0.6 is 0 Å². The van der Waals surface area contributed by atoms with E-state index in [1.54, 1.807) is 6.07 Å². The van der Waals surface area contributed by atoms with Crippen molar-refractivity contribution in [2.45, 2.75) is 12.5 Å². The molecule has 3 nitrogen and oxygen atoms in total. The van der Waals surface area contributed by atoms with Crippen LogP contribution in [0.1, 0.15) is 6.42 Å². The molecule has 76 valence electrons. The fourth-order valence-electron chi connectivity index (χ4n) is 1.58. The van der Waals surface area contributed by atoms with Crippen LogP contribution in [-0.2, 0) is 4.74 Å².